The maximum absolute atomic E-state index is 11.1. The van der Waals surface area contributed by atoms with Gasteiger partial charge in [-0.25, -0.2) is 9.48 Å². The second-order valence-electron chi connectivity index (χ2n) is 6.27. The van der Waals surface area contributed by atoms with Crippen molar-refractivity contribution in [1.82, 2.24) is 9.78 Å². The first kappa shape index (κ1) is 17.0. The molecule has 1 atom stereocenters. The van der Waals surface area contributed by atoms with E-state index in [9.17, 15) is 4.79 Å². The Hall–Kier alpha value is -2.34. The molecule has 0 amide bonds. The van der Waals surface area contributed by atoms with Gasteiger partial charge in [-0.05, 0) is 58.9 Å². The fourth-order valence-corrected chi connectivity index (χ4v) is 2.26. The van der Waals surface area contributed by atoms with Gasteiger partial charge in [0.05, 0.1) is 23.2 Å². The number of aromatic carboxylic acids is 1. The zero-order valence-electron chi connectivity index (χ0n) is 14.0. The molecule has 0 radical (unpaired) electrons. The first-order valence-electron chi connectivity index (χ1n) is 7.40. The number of ether oxygens (including phenoxy) is 2. The van der Waals surface area contributed by atoms with E-state index in [4.69, 9.17) is 14.6 Å². The highest BCUT2D eigenvalue weighted by atomic mass is 16.7. The number of benzene rings is 1. The van der Waals surface area contributed by atoms with Crippen molar-refractivity contribution in [3.63, 3.8) is 0 Å². The number of hydrogen-bond donors (Lipinski definition) is 1. The summed E-state index contributed by atoms with van der Waals surface area (Å²) in [6, 6.07) is 7.26. The summed E-state index contributed by atoms with van der Waals surface area (Å²) < 4.78 is 13.0. The van der Waals surface area contributed by atoms with Crippen molar-refractivity contribution in [2.45, 2.75) is 46.5 Å². The molecular weight excluding hydrogens is 296 g/mol. The third-order valence-electron chi connectivity index (χ3n) is 3.14. The Morgan fingerprint density at radius 1 is 1.26 bits per heavy atom. The van der Waals surface area contributed by atoms with Crippen molar-refractivity contribution in [1.29, 1.82) is 0 Å². The molecule has 0 aliphatic rings. The smallest absolute Gasteiger partial charge is 0.339 e. The van der Waals surface area contributed by atoms with E-state index >= 15 is 0 Å². The molecule has 1 heterocycles. The van der Waals surface area contributed by atoms with Crippen molar-refractivity contribution < 1.29 is 19.4 Å². The van der Waals surface area contributed by atoms with Gasteiger partial charge in [0.15, 0.2) is 6.29 Å². The lowest BCUT2D eigenvalue weighted by atomic mass is 10.2. The quantitative estimate of drug-likeness (QED) is 0.855. The molecule has 0 fully saturated rings. The summed E-state index contributed by atoms with van der Waals surface area (Å²) in [5.74, 6) is -0.310. The van der Waals surface area contributed by atoms with Gasteiger partial charge in [-0.3, -0.25) is 0 Å². The third-order valence-corrected chi connectivity index (χ3v) is 3.14. The highest BCUT2D eigenvalue weighted by Crippen LogP contribution is 2.20. The Labute approximate surface area is 135 Å². The van der Waals surface area contributed by atoms with Crippen LogP contribution in [0.5, 0.6) is 5.75 Å². The normalized spacial score (nSPS) is 12.9. The van der Waals surface area contributed by atoms with Crippen LogP contribution in [0.1, 0.15) is 43.7 Å². The lowest BCUT2D eigenvalue weighted by molar-refractivity contribution is -0.140. The molecule has 0 spiro atoms. The predicted molar refractivity (Wildman–Crippen MR) is 86.2 cm³/mol. The molecule has 1 unspecified atom stereocenters. The van der Waals surface area contributed by atoms with Crippen LogP contribution >= 0.6 is 0 Å². The number of carboxylic acids is 1. The number of carbonyl (C=O) groups is 1. The number of hydrogen-bond acceptors (Lipinski definition) is 4. The van der Waals surface area contributed by atoms with Crippen LogP contribution in [0, 0.1) is 6.92 Å². The molecule has 6 nitrogen and oxygen atoms in total. The molecule has 1 N–H and O–H groups in total. The summed E-state index contributed by atoms with van der Waals surface area (Å²) in [7, 11) is 0. The molecule has 23 heavy (non-hydrogen) atoms. The minimum atomic E-state index is -0.984. The molecule has 0 saturated heterocycles. The number of carboxylic acid groups (broad SMARTS) is 1. The lowest BCUT2D eigenvalue weighted by Crippen LogP contribution is -2.29. The minimum absolute atomic E-state index is 0.192. The Bertz CT molecular complexity index is 684. The SMILES string of the molecule is Cc1c(C(=O)O)cnn1-c1ccc(OC(C)OC(C)(C)C)cc1. The standard InChI is InChI=1S/C17H22N2O4/c1-11-15(16(20)21)10-18-19(11)13-6-8-14(9-7-13)22-12(2)23-17(3,4)5/h6-10,12H,1-5H3,(H,20,21). The van der Waals surface area contributed by atoms with Gasteiger partial charge < -0.3 is 14.6 Å². The zero-order valence-corrected chi connectivity index (χ0v) is 14.0. The zero-order chi connectivity index (χ0) is 17.2. The van der Waals surface area contributed by atoms with Crippen molar-refractivity contribution in [3.05, 3.63) is 41.7 Å². The molecule has 0 aliphatic heterocycles. The molecule has 2 aromatic rings. The van der Waals surface area contributed by atoms with E-state index in [1.54, 1.807) is 23.7 Å². The summed E-state index contributed by atoms with van der Waals surface area (Å²) in [5, 5.41) is 13.2. The van der Waals surface area contributed by atoms with E-state index in [1.165, 1.54) is 6.20 Å². The molecule has 6 heteroatoms. The van der Waals surface area contributed by atoms with Crippen LogP contribution < -0.4 is 4.74 Å². The van der Waals surface area contributed by atoms with Crippen LogP contribution in [-0.4, -0.2) is 32.7 Å². The van der Waals surface area contributed by atoms with Crippen LogP contribution in [0.4, 0.5) is 0 Å². The molecule has 1 aromatic heterocycles. The van der Waals surface area contributed by atoms with Gasteiger partial charge in [-0.1, -0.05) is 0 Å². The fraction of sp³-hybridized carbons (Fsp3) is 0.412. The van der Waals surface area contributed by atoms with Crippen LogP contribution in [0.25, 0.3) is 5.69 Å². The monoisotopic (exact) mass is 318 g/mol. The van der Waals surface area contributed by atoms with Crippen molar-refractivity contribution in [3.8, 4) is 11.4 Å². The van der Waals surface area contributed by atoms with Crippen molar-refractivity contribution in [2.24, 2.45) is 0 Å². The summed E-state index contributed by atoms with van der Waals surface area (Å²) in [5.41, 5.74) is 1.26. The largest absolute Gasteiger partial charge is 0.478 e. The molecule has 0 aliphatic carbocycles. The van der Waals surface area contributed by atoms with E-state index < -0.39 is 5.97 Å². The maximum atomic E-state index is 11.1. The Kier molecular flexibility index (Phi) is 4.75. The Morgan fingerprint density at radius 3 is 2.35 bits per heavy atom. The van der Waals surface area contributed by atoms with Gasteiger partial charge in [0.2, 0.25) is 0 Å². The van der Waals surface area contributed by atoms with E-state index in [0.29, 0.717) is 11.4 Å². The van der Waals surface area contributed by atoms with Crippen molar-refractivity contribution >= 4 is 5.97 Å². The highest BCUT2D eigenvalue weighted by Gasteiger charge is 2.17. The third kappa shape index (κ3) is 4.32. The average molecular weight is 318 g/mol. The number of aromatic nitrogens is 2. The van der Waals surface area contributed by atoms with E-state index in [1.807, 2.05) is 39.8 Å². The molecule has 0 saturated carbocycles. The minimum Gasteiger partial charge on any atom is -0.478 e. The van der Waals surface area contributed by atoms with Crippen LogP contribution in [-0.2, 0) is 4.74 Å². The van der Waals surface area contributed by atoms with Crippen LogP contribution in [0.2, 0.25) is 0 Å². The van der Waals surface area contributed by atoms with Gasteiger partial charge in [-0.2, -0.15) is 5.10 Å². The maximum Gasteiger partial charge on any atom is 0.339 e. The van der Waals surface area contributed by atoms with Gasteiger partial charge in [-0.15, -0.1) is 0 Å². The first-order chi connectivity index (χ1) is 10.7. The molecular formula is C17H22N2O4. The number of rotatable bonds is 5. The van der Waals surface area contributed by atoms with E-state index in [-0.39, 0.29) is 17.5 Å². The van der Waals surface area contributed by atoms with Gasteiger partial charge >= 0.3 is 5.97 Å². The van der Waals surface area contributed by atoms with E-state index in [2.05, 4.69) is 5.10 Å². The second-order valence-corrected chi connectivity index (χ2v) is 6.27. The van der Waals surface area contributed by atoms with Gasteiger partial charge in [0.25, 0.3) is 0 Å². The van der Waals surface area contributed by atoms with Gasteiger partial charge in [0.1, 0.15) is 11.3 Å². The lowest BCUT2D eigenvalue weighted by Gasteiger charge is -2.25. The predicted octanol–water partition coefficient (Wildman–Crippen LogP) is 3.42. The Balaban J connectivity index is 2.12. The van der Waals surface area contributed by atoms with Crippen LogP contribution in [0.15, 0.2) is 30.5 Å². The number of nitrogens with zero attached hydrogens (tertiary/aromatic N) is 2. The summed E-state index contributed by atoms with van der Waals surface area (Å²) in [4.78, 5) is 11.1. The highest BCUT2D eigenvalue weighted by molar-refractivity contribution is 5.88. The summed E-state index contributed by atoms with van der Waals surface area (Å²) >= 11 is 0. The average Bonchev–Trinajstić information content (AvgIpc) is 2.79. The molecule has 124 valence electrons. The second kappa shape index (κ2) is 6.42. The first-order valence-corrected chi connectivity index (χ1v) is 7.40. The fourth-order valence-electron chi connectivity index (χ4n) is 2.26. The summed E-state index contributed by atoms with van der Waals surface area (Å²) in [6.07, 6.45) is 0.979. The molecule has 0 bridgehead atoms. The van der Waals surface area contributed by atoms with Crippen LogP contribution in [0.3, 0.4) is 0 Å². The Morgan fingerprint density at radius 2 is 1.87 bits per heavy atom. The molecule has 2 rings (SSSR count). The van der Waals surface area contributed by atoms with Gasteiger partial charge in [0, 0.05) is 0 Å². The molecule has 1 aromatic carbocycles. The van der Waals surface area contributed by atoms with E-state index in [0.717, 1.165) is 5.69 Å². The van der Waals surface area contributed by atoms with Crippen molar-refractivity contribution in [2.75, 3.05) is 0 Å². The topological polar surface area (TPSA) is 73.6 Å². The summed E-state index contributed by atoms with van der Waals surface area (Å²) in [6.45, 7) is 9.47.